The number of carbonyl (C=O) groups is 3. The van der Waals surface area contributed by atoms with Crippen molar-refractivity contribution in [1.82, 2.24) is 10.9 Å². The largest absolute Gasteiger partial charge is 0.494 e. The van der Waals surface area contributed by atoms with E-state index < -0.39 is 17.7 Å². The number of benzene rings is 3. The molecule has 0 saturated heterocycles. The van der Waals surface area contributed by atoms with Crippen molar-refractivity contribution in [2.45, 2.75) is 6.92 Å². The van der Waals surface area contributed by atoms with Gasteiger partial charge < -0.3 is 15.2 Å². The van der Waals surface area contributed by atoms with Gasteiger partial charge in [-0.2, -0.15) is 0 Å². The Labute approximate surface area is 178 Å². The summed E-state index contributed by atoms with van der Waals surface area (Å²) in [6, 6.07) is 19.3. The molecule has 3 aromatic rings. The van der Waals surface area contributed by atoms with Crippen LogP contribution in [-0.4, -0.2) is 24.3 Å². The molecular formula is C23H21N3O5. The van der Waals surface area contributed by atoms with E-state index in [9.17, 15) is 14.4 Å². The molecule has 31 heavy (non-hydrogen) atoms. The first kappa shape index (κ1) is 21.4. The number of nitrogens with one attached hydrogen (secondary N) is 2. The van der Waals surface area contributed by atoms with Crippen LogP contribution < -0.4 is 26.1 Å². The number of ether oxygens (including phenoxy) is 2. The summed E-state index contributed by atoms with van der Waals surface area (Å²) in [6.07, 6.45) is 0. The summed E-state index contributed by atoms with van der Waals surface area (Å²) < 4.78 is 11.0. The second-order valence-corrected chi connectivity index (χ2v) is 6.38. The number of amides is 3. The minimum absolute atomic E-state index is 0.337. The predicted octanol–water partition coefficient (Wildman–Crippen LogP) is 3.05. The van der Waals surface area contributed by atoms with Crippen molar-refractivity contribution in [2.75, 3.05) is 6.61 Å². The van der Waals surface area contributed by atoms with Gasteiger partial charge in [0.2, 0.25) is 5.91 Å². The van der Waals surface area contributed by atoms with Crippen LogP contribution in [0.25, 0.3) is 0 Å². The van der Waals surface area contributed by atoms with Gasteiger partial charge in [0.1, 0.15) is 17.2 Å². The summed E-state index contributed by atoms with van der Waals surface area (Å²) in [5.74, 6) is 0.241. The van der Waals surface area contributed by atoms with Crippen molar-refractivity contribution >= 4 is 17.7 Å². The highest BCUT2D eigenvalue weighted by molar-refractivity contribution is 5.99. The molecule has 0 saturated carbocycles. The van der Waals surface area contributed by atoms with Gasteiger partial charge in [-0.3, -0.25) is 25.2 Å². The highest BCUT2D eigenvalue weighted by Gasteiger charge is 2.10. The molecule has 8 nitrogen and oxygen atoms in total. The average Bonchev–Trinajstić information content (AvgIpc) is 2.79. The van der Waals surface area contributed by atoms with Gasteiger partial charge >= 0.3 is 0 Å². The van der Waals surface area contributed by atoms with Gasteiger partial charge in [-0.1, -0.05) is 0 Å². The first-order valence-electron chi connectivity index (χ1n) is 9.47. The fourth-order valence-electron chi connectivity index (χ4n) is 2.62. The highest BCUT2D eigenvalue weighted by atomic mass is 16.5. The second-order valence-electron chi connectivity index (χ2n) is 6.38. The van der Waals surface area contributed by atoms with Gasteiger partial charge in [0, 0.05) is 16.7 Å². The van der Waals surface area contributed by atoms with Crippen LogP contribution in [0.15, 0.2) is 72.8 Å². The van der Waals surface area contributed by atoms with Crippen LogP contribution in [-0.2, 0) is 0 Å². The molecule has 0 fully saturated rings. The monoisotopic (exact) mass is 419 g/mol. The van der Waals surface area contributed by atoms with Crippen molar-refractivity contribution < 1.29 is 23.9 Å². The Morgan fingerprint density at radius 3 is 1.45 bits per heavy atom. The van der Waals surface area contributed by atoms with E-state index in [-0.39, 0.29) is 0 Å². The zero-order chi connectivity index (χ0) is 22.2. The smallest absolute Gasteiger partial charge is 0.269 e. The lowest BCUT2D eigenvalue weighted by atomic mass is 10.2. The van der Waals surface area contributed by atoms with Crippen LogP contribution in [0.1, 0.15) is 38.0 Å². The third-order valence-corrected chi connectivity index (χ3v) is 4.21. The van der Waals surface area contributed by atoms with E-state index in [2.05, 4.69) is 10.9 Å². The lowest BCUT2D eigenvalue weighted by molar-refractivity contribution is 0.0846. The molecule has 3 rings (SSSR count). The van der Waals surface area contributed by atoms with Crippen LogP contribution in [0.4, 0.5) is 0 Å². The van der Waals surface area contributed by atoms with Gasteiger partial charge in [-0.25, -0.2) is 0 Å². The fraction of sp³-hybridized carbons (Fsp3) is 0.0870. The SMILES string of the molecule is CCOc1ccc(C(=O)NNC(=O)c2ccc(Oc3ccc(C(N)=O)cc3)cc2)cc1. The van der Waals surface area contributed by atoms with E-state index in [1.165, 1.54) is 0 Å². The van der Waals surface area contributed by atoms with E-state index in [4.69, 9.17) is 15.2 Å². The van der Waals surface area contributed by atoms with Crippen molar-refractivity contribution in [3.05, 3.63) is 89.5 Å². The Kier molecular flexibility index (Phi) is 6.85. The van der Waals surface area contributed by atoms with Crippen molar-refractivity contribution in [3.8, 4) is 17.2 Å². The fourth-order valence-corrected chi connectivity index (χ4v) is 2.62. The molecule has 0 aliphatic carbocycles. The number of hydrogen-bond donors (Lipinski definition) is 3. The molecule has 0 unspecified atom stereocenters. The molecule has 0 aliphatic heterocycles. The Hall–Kier alpha value is -4.33. The Morgan fingerprint density at radius 1 is 0.677 bits per heavy atom. The first-order valence-corrected chi connectivity index (χ1v) is 9.47. The van der Waals surface area contributed by atoms with Crippen molar-refractivity contribution in [3.63, 3.8) is 0 Å². The molecule has 0 aromatic heterocycles. The summed E-state index contributed by atoms with van der Waals surface area (Å²) in [5, 5.41) is 0. The third-order valence-electron chi connectivity index (χ3n) is 4.21. The van der Waals surface area contributed by atoms with Gasteiger partial charge in [-0.05, 0) is 79.7 Å². The molecule has 4 N–H and O–H groups in total. The number of primary amides is 1. The van der Waals surface area contributed by atoms with Crippen LogP contribution in [0.5, 0.6) is 17.2 Å². The maximum absolute atomic E-state index is 12.3. The van der Waals surface area contributed by atoms with Gasteiger partial charge in [0.25, 0.3) is 11.8 Å². The molecule has 8 heteroatoms. The van der Waals surface area contributed by atoms with E-state index in [1.807, 2.05) is 6.92 Å². The minimum Gasteiger partial charge on any atom is -0.494 e. The second kappa shape index (κ2) is 9.93. The molecule has 3 aromatic carbocycles. The standard InChI is InChI=1S/C23H21N3O5/c1-2-30-18-9-5-16(6-10-18)22(28)25-26-23(29)17-7-13-20(14-8-17)31-19-11-3-15(4-12-19)21(24)27/h3-14H,2H2,1H3,(H2,24,27)(H,25,28)(H,26,29). The summed E-state index contributed by atoms with van der Waals surface area (Å²) in [6.45, 7) is 2.41. The molecule has 3 amide bonds. The third kappa shape index (κ3) is 5.83. The summed E-state index contributed by atoms with van der Waals surface area (Å²) in [4.78, 5) is 35.5. The van der Waals surface area contributed by atoms with Gasteiger partial charge in [0.15, 0.2) is 0 Å². The molecule has 0 bridgehead atoms. The van der Waals surface area contributed by atoms with Crippen LogP contribution in [0.2, 0.25) is 0 Å². The number of rotatable bonds is 7. The summed E-state index contributed by atoms with van der Waals surface area (Å²) >= 11 is 0. The normalized spacial score (nSPS) is 10.1. The van der Waals surface area contributed by atoms with Crippen molar-refractivity contribution in [2.24, 2.45) is 5.73 Å². The zero-order valence-corrected chi connectivity index (χ0v) is 16.8. The predicted molar refractivity (Wildman–Crippen MR) is 114 cm³/mol. The van der Waals surface area contributed by atoms with E-state index >= 15 is 0 Å². The van der Waals surface area contributed by atoms with E-state index in [1.54, 1.807) is 72.8 Å². The zero-order valence-electron chi connectivity index (χ0n) is 16.8. The van der Waals surface area contributed by atoms with E-state index in [0.717, 1.165) is 0 Å². The van der Waals surface area contributed by atoms with Gasteiger partial charge in [0.05, 0.1) is 6.61 Å². The number of carbonyl (C=O) groups excluding carboxylic acids is 3. The summed E-state index contributed by atoms with van der Waals surface area (Å²) in [5.41, 5.74) is 11.0. The molecule has 0 atom stereocenters. The maximum Gasteiger partial charge on any atom is 0.269 e. The Bertz CT molecular complexity index is 1060. The Morgan fingerprint density at radius 2 is 1.06 bits per heavy atom. The lowest BCUT2D eigenvalue weighted by Gasteiger charge is -2.09. The topological polar surface area (TPSA) is 120 Å². The summed E-state index contributed by atoms with van der Waals surface area (Å²) in [7, 11) is 0. The quantitative estimate of drug-likeness (QED) is 0.509. The molecule has 0 spiro atoms. The molecule has 0 heterocycles. The molecular weight excluding hydrogens is 398 g/mol. The first-order chi connectivity index (χ1) is 15.0. The number of hydrazine groups is 1. The average molecular weight is 419 g/mol. The lowest BCUT2D eigenvalue weighted by Crippen LogP contribution is -2.41. The Balaban J connectivity index is 1.53. The number of hydrogen-bond acceptors (Lipinski definition) is 5. The molecule has 0 aliphatic rings. The maximum atomic E-state index is 12.3. The molecule has 0 radical (unpaired) electrons. The van der Waals surface area contributed by atoms with Crippen LogP contribution in [0, 0.1) is 0 Å². The number of nitrogens with two attached hydrogens (primary N) is 1. The van der Waals surface area contributed by atoms with Gasteiger partial charge in [-0.15, -0.1) is 0 Å². The minimum atomic E-state index is -0.517. The van der Waals surface area contributed by atoms with Crippen LogP contribution in [0.3, 0.4) is 0 Å². The van der Waals surface area contributed by atoms with Crippen molar-refractivity contribution in [1.29, 1.82) is 0 Å². The van der Waals surface area contributed by atoms with Crippen LogP contribution >= 0.6 is 0 Å². The highest BCUT2D eigenvalue weighted by Crippen LogP contribution is 2.22. The molecule has 158 valence electrons. The van der Waals surface area contributed by atoms with E-state index in [0.29, 0.717) is 40.5 Å².